The van der Waals surface area contributed by atoms with Crippen molar-refractivity contribution < 1.29 is 0 Å². The Kier molecular flexibility index (Phi) is 6.18. The zero-order valence-corrected chi connectivity index (χ0v) is 23.3. The van der Waals surface area contributed by atoms with Gasteiger partial charge in [-0.3, -0.25) is 4.98 Å². The Balaban J connectivity index is 1.15. The van der Waals surface area contributed by atoms with Crippen LogP contribution in [0.2, 0.25) is 0 Å². The summed E-state index contributed by atoms with van der Waals surface area (Å²) in [5.41, 5.74) is 10.6. The zero-order valence-electron chi connectivity index (χ0n) is 21.2. The second kappa shape index (κ2) is 10.1. The molecule has 1 heterocycles. The van der Waals surface area contributed by atoms with Crippen LogP contribution < -0.4 is 0 Å². The Morgan fingerprint density at radius 1 is 0.410 bits per heavy atom. The second-order valence-corrected chi connectivity index (χ2v) is 11.1. The van der Waals surface area contributed by atoms with Crippen LogP contribution in [0.1, 0.15) is 0 Å². The normalized spacial score (nSPS) is 11.2. The highest BCUT2D eigenvalue weighted by Gasteiger charge is 2.07. The third-order valence-corrected chi connectivity index (χ3v) is 8.12. The van der Waals surface area contributed by atoms with E-state index in [0.29, 0.717) is 0 Å². The van der Waals surface area contributed by atoms with Crippen LogP contribution >= 0.6 is 22.6 Å². The molecule has 7 aromatic rings. The Bertz CT molecular complexity index is 1930. The minimum Gasteiger partial charge on any atom is -0.256 e. The van der Waals surface area contributed by atoms with Gasteiger partial charge < -0.3 is 0 Å². The van der Waals surface area contributed by atoms with E-state index in [9.17, 15) is 0 Å². The molecule has 0 amide bonds. The molecule has 0 fully saturated rings. The molecule has 0 N–H and O–H groups in total. The third kappa shape index (κ3) is 4.73. The summed E-state index contributed by atoms with van der Waals surface area (Å²) >= 11 is 2.34. The van der Waals surface area contributed by atoms with Crippen molar-refractivity contribution in [2.75, 3.05) is 0 Å². The van der Waals surface area contributed by atoms with E-state index in [2.05, 4.69) is 162 Å². The first-order chi connectivity index (χ1) is 19.2. The molecule has 1 nitrogen and oxygen atoms in total. The summed E-state index contributed by atoms with van der Waals surface area (Å²) in [6, 6.07) is 50.1. The van der Waals surface area contributed by atoms with Crippen molar-refractivity contribution >= 4 is 44.3 Å². The van der Waals surface area contributed by atoms with Crippen molar-refractivity contribution in [2.45, 2.75) is 0 Å². The molecule has 7 rings (SSSR count). The van der Waals surface area contributed by atoms with E-state index in [4.69, 9.17) is 4.98 Å². The topological polar surface area (TPSA) is 12.9 Å². The van der Waals surface area contributed by atoms with Gasteiger partial charge in [0, 0.05) is 20.7 Å². The number of halogens is 1. The molecule has 1 aromatic heterocycles. The number of rotatable bonds is 4. The van der Waals surface area contributed by atoms with Gasteiger partial charge in [-0.1, -0.05) is 115 Å². The summed E-state index contributed by atoms with van der Waals surface area (Å²) in [5, 5.41) is 3.68. The lowest BCUT2D eigenvalue weighted by atomic mass is 9.96. The summed E-state index contributed by atoms with van der Waals surface area (Å²) in [4.78, 5) is 4.84. The lowest BCUT2D eigenvalue weighted by Crippen LogP contribution is -1.86. The van der Waals surface area contributed by atoms with Crippen LogP contribution in [0.15, 0.2) is 146 Å². The van der Waals surface area contributed by atoms with Crippen molar-refractivity contribution in [1.82, 2.24) is 4.98 Å². The molecule has 0 saturated carbocycles. The van der Waals surface area contributed by atoms with E-state index in [1.165, 1.54) is 53.3 Å². The van der Waals surface area contributed by atoms with Crippen LogP contribution in [-0.2, 0) is 0 Å². The van der Waals surface area contributed by atoms with E-state index < -0.39 is 0 Å². The molecular formula is C37H24IN. The van der Waals surface area contributed by atoms with Gasteiger partial charge in [-0.25, -0.2) is 0 Å². The van der Waals surface area contributed by atoms with E-state index >= 15 is 0 Å². The van der Waals surface area contributed by atoms with Gasteiger partial charge in [-0.15, -0.1) is 0 Å². The highest BCUT2D eigenvalue weighted by atomic mass is 127. The molecule has 2 heteroatoms. The van der Waals surface area contributed by atoms with Crippen LogP contribution in [0.3, 0.4) is 0 Å². The van der Waals surface area contributed by atoms with Gasteiger partial charge in [0.2, 0.25) is 0 Å². The minimum atomic E-state index is 1.00. The van der Waals surface area contributed by atoms with E-state index in [1.807, 2.05) is 6.20 Å². The molecule has 0 spiro atoms. The summed E-state index contributed by atoms with van der Waals surface area (Å²) in [7, 11) is 0. The Morgan fingerprint density at radius 2 is 0.974 bits per heavy atom. The van der Waals surface area contributed by atoms with Gasteiger partial charge >= 0.3 is 0 Å². The van der Waals surface area contributed by atoms with E-state index in [1.54, 1.807) is 0 Å². The zero-order chi connectivity index (χ0) is 26.2. The number of fused-ring (bicyclic) bond motifs is 2. The van der Waals surface area contributed by atoms with Gasteiger partial charge in [0.1, 0.15) is 0 Å². The first-order valence-corrected chi connectivity index (χ1v) is 14.1. The summed E-state index contributed by atoms with van der Waals surface area (Å²) < 4.78 is 1.25. The fourth-order valence-electron chi connectivity index (χ4n) is 5.28. The average molecular weight is 610 g/mol. The molecule has 0 bridgehead atoms. The van der Waals surface area contributed by atoms with Crippen LogP contribution in [0.4, 0.5) is 0 Å². The smallest absolute Gasteiger partial charge is 0.0708 e. The molecule has 6 aromatic carbocycles. The number of aromatic nitrogens is 1. The van der Waals surface area contributed by atoms with Gasteiger partial charge in [0.05, 0.1) is 5.52 Å². The molecule has 0 saturated heterocycles. The lowest BCUT2D eigenvalue weighted by molar-refractivity contribution is 1.41. The number of hydrogen-bond donors (Lipinski definition) is 0. The monoisotopic (exact) mass is 609 g/mol. The highest BCUT2D eigenvalue weighted by Crippen LogP contribution is 2.32. The van der Waals surface area contributed by atoms with Crippen LogP contribution in [0.25, 0.3) is 66.2 Å². The highest BCUT2D eigenvalue weighted by molar-refractivity contribution is 14.1. The van der Waals surface area contributed by atoms with Crippen molar-refractivity contribution in [3.05, 3.63) is 149 Å². The molecule has 0 unspecified atom stereocenters. The number of pyridine rings is 1. The molecule has 184 valence electrons. The quantitative estimate of drug-likeness (QED) is 0.181. The van der Waals surface area contributed by atoms with Crippen molar-refractivity contribution in [1.29, 1.82) is 0 Å². The Morgan fingerprint density at radius 3 is 1.72 bits per heavy atom. The van der Waals surface area contributed by atoms with Gasteiger partial charge in [0.25, 0.3) is 0 Å². The van der Waals surface area contributed by atoms with Gasteiger partial charge in [0.15, 0.2) is 0 Å². The largest absolute Gasteiger partial charge is 0.256 e. The Labute approximate surface area is 242 Å². The molecule has 0 radical (unpaired) electrons. The van der Waals surface area contributed by atoms with Crippen molar-refractivity contribution in [3.63, 3.8) is 0 Å². The predicted molar refractivity (Wildman–Crippen MR) is 174 cm³/mol. The molecule has 39 heavy (non-hydrogen) atoms. The third-order valence-electron chi connectivity index (χ3n) is 7.40. The number of hydrogen-bond acceptors (Lipinski definition) is 1. The van der Waals surface area contributed by atoms with E-state index in [0.717, 1.165) is 16.5 Å². The SMILES string of the molecule is Ic1ccc(-c2ccc(-c3ccc4cc(-c5ccc(-c6cccc7ccccc67)cc5)cnc4c3)cc2)cc1. The van der Waals surface area contributed by atoms with Gasteiger partial charge in [-0.05, 0) is 96.6 Å². The van der Waals surface area contributed by atoms with Crippen molar-refractivity contribution in [2.24, 2.45) is 0 Å². The summed E-state index contributed by atoms with van der Waals surface area (Å²) in [5.74, 6) is 0. The number of benzene rings is 6. The number of nitrogens with zero attached hydrogens (tertiary/aromatic N) is 1. The fourth-order valence-corrected chi connectivity index (χ4v) is 5.64. The summed E-state index contributed by atoms with van der Waals surface area (Å²) in [6.07, 6.45) is 1.99. The standard InChI is InChI=1S/C37H24IN/c38-34-20-18-26(19-21-34)25-8-10-27(11-9-25)31-16-17-32-22-33(24-39-37(32)23-31)28-12-14-30(15-13-28)36-7-3-5-29-4-1-2-6-35(29)36/h1-24H. The van der Waals surface area contributed by atoms with Crippen LogP contribution in [0, 0.1) is 3.57 Å². The lowest BCUT2D eigenvalue weighted by Gasteiger charge is -2.09. The first kappa shape index (κ1) is 23.8. The average Bonchev–Trinajstić information content (AvgIpc) is 3.01. The van der Waals surface area contributed by atoms with Crippen LogP contribution in [-0.4, -0.2) is 4.98 Å². The van der Waals surface area contributed by atoms with E-state index in [-0.39, 0.29) is 0 Å². The molecular weight excluding hydrogens is 585 g/mol. The maximum absolute atomic E-state index is 4.84. The summed E-state index contributed by atoms with van der Waals surface area (Å²) in [6.45, 7) is 0. The van der Waals surface area contributed by atoms with Crippen LogP contribution in [0.5, 0.6) is 0 Å². The minimum absolute atomic E-state index is 1.00. The first-order valence-electron chi connectivity index (χ1n) is 13.1. The predicted octanol–water partition coefficient (Wildman–Crippen LogP) is 10.7. The second-order valence-electron chi connectivity index (χ2n) is 9.82. The van der Waals surface area contributed by atoms with Gasteiger partial charge in [-0.2, -0.15) is 0 Å². The maximum Gasteiger partial charge on any atom is 0.0708 e. The Hall–Kier alpha value is -4.28. The molecule has 0 atom stereocenters. The maximum atomic E-state index is 4.84. The molecule has 0 aliphatic carbocycles. The van der Waals surface area contributed by atoms with Crippen molar-refractivity contribution in [3.8, 4) is 44.5 Å². The molecule has 0 aliphatic rings. The fraction of sp³-hybridized carbons (Fsp3) is 0. The molecule has 0 aliphatic heterocycles.